The van der Waals surface area contributed by atoms with Crippen molar-refractivity contribution in [3.05, 3.63) is 53.1 Å². The van der Waals surface area contributed by atoms with Gasteiger partial charge in [-0.2, -0.15) is 0 Å². The monoisotopic (exact) mass is 363 g/mol. The van der Waals surface area contributed by atoms with E-state index >= 15 is 0 Å². The van der Waals surface area contributed by atoms with Crippen molar-refractivity contribution >= 4 is 23.5 Å². The van der Waals surface area contributed by atoms with Crippen LogP contribution in [0.4, 0.5) is 0 Å². The quantitative estimate of drug-likeness (QED) is 0.603. The minimum Gasteiger partial charge on any atom is -0.496 e. The number of esters is 1. The average molecular weight is 364 g/mol. The topological polar surface area (TPSA) is 87.8 Å². The third kappa shape index (κ3) is 5.12. The van der Waals surface area contributed by atoms with Crippen molar-refractivity contribution in [1.82, 2.24) is 0 Å². The highest BCUT2D eigenvalue weighted by atomic mass is 35.5. The van der Waals surface area contributed by atoms with Crippen molar-refractivity contribution in [2.24, 2.45) is 5.73 Å². The van der Waals surface area contributed by atoms with E-state index in [-0.39, 0.29) is 6.42 Å². The van der Waals surface area contributed by atoms with Crippen LogP contribution >= 0.6 is 11.6 Å². The lowest BCUT2D eigenvalue weighted by Gasteiger charge is -2.12. The van der Waals surface area contributed by atoms with Crippen LogP contribution in [0.1, 0.15) is 12.5 Å². The van der Waals surface area contributed by atoms with Gasteiger partial charge in [0, 0.05) is 10.6 Å². The van der Waals surface area contributed by atoms with E-state index in [9.17, 15) is 9.59 Å². The molecule has 0 heterocycles. The number of carbonyl (C=O) groups is 2. The Hall–Kier alpha value is -2.73. The molecule has 2 aromatic carbocycles. The number of ether oxygens (including phenoxy) is 3. The predicted octanol–water partition coefficient (Wildman–Crippen LogP) is 2.75. The van der Waals surface area contributed by atoms with Crippen molar-refractivity contribution in [3.8, 4) is 17.2 Å². The second-order valence-electron chi connectivity index (χ2n) is 5.21. The van der Waals surface area contributed by atoms with E-state index in [1.54, 1.807) is 49.4 Å². The molecule has 0 saturated carbocycles. The Morgan fingerprint density at radius 1 is 1.12 bits per heavy atom. The highest BCUT2D eigenvalue weighted by Gasteiger charge is 2.15. The second-order valence-corrected chi connectivity index (χ2v) is 5.61. The number of rotatable bonds is 7. The summed E-state index contributed by atoms with van der Waals surface area (Å²) in [6.07, 6.45) is -0.777. The van der Waals surface area contributed by atoms with Crippen LogP contribution in [0.15, 0.2) is 42.5 Å². The summed E-state index contributed by atoms with van der Waals surface area (Å²) in [4.78, 5) is 23.1. The van der Waals surface area contributed by atoms with Gasteiger partial charge in [-0.05, 0) is 43.3 Å². The molecule has 0 aliphatic carbocycles. The van der Waals surface area contributed by atoms with Gasteiger partial charge in [-0.15, -0.1) is 0 Å². The maximum atomic E-state index is 12.1. The van der Waals surface area contributed by atoms with Gasteiger partial charge in [0.1, 0.15) is 17.2 Å². The molecule has 2 rings (SSSR count). The fourth-order valence-corrected chi connectivity index (χ4v) is 2.29. The molecule has 2 N–H and O–H groups in total. The van der Waals surface area contributed by atoms with Crippen LogP contribution in [0.3, 0.4) is 0 Å². The maximum absolute atomic E-state index is 12.1. The second kappa shape index (κ2) is 8.39. The van der Waals surface area contributed by atoms with E-state index in [1.165, 1.54) is 7.11 Å². The van der Waals surface area contributed by atoms with Crippen LogP contribution < -0.4 is 19.9 Å². The molecule has 0 fully saturated rings. The minimum absolute atomic E-state index is 0.0280. The molecule has 7 heteroatoms. The van der Waals surface area contributed by atoms with Crippen LogP contribution in [-0.4, -0.2) is 25.1 Å². The summed E-state index contributed by atoms with van der Waals surface area (Å²) < 4.78 is 15.8. The summed E-state index contributed by atoms with van der Waals surface area (Å²) in [5.41, 5.74) is 5.70. The number of methoxy groups -OCH3 is 1. The smallest absolute Gasteiger partial charge is 0.315 e. The van der Waals surface area contributed by atoms with Crippen molar-refractivity contribution in [2.75, 3.05) is 7.11 Å². The van der Waals surface area contributed by atoms with E-state index in [0.717, 1.165) is 0 Å². The summed E-state index contributed by atoms with van der Waals surface area (Å²) in [7, 11) is 1.51. The van der Waals surface area contributed by atoms with E-state index in [4.69, 9.17) is 31.5 Å². The molecule has 0 aliphatic rings. The lowest BCUT2D eigenvalue weighted by molar-refractivity contribution is -0.133. The third-order valence-electron chi connectivity index (χ3n) is 3.39. The number of carbonyl (C=O) groups excluding carboxylic acids is 2. The lowest BCUT2D eigenvalue weighted by atomic mass is 10.1. The first-order chi connectivity index (χ1) is 11.9. The molecule has 1 amide bonds. The average Bonchev–Trinajstić information content (AvgIpc) is 2.58. The zero-order valence-corrected chi connectivity index (χ0v) is 14.6. The van der Waals surface area contributed by atoms with Crippen LogP contribution in [0.2, 0.25) is 5.02 Å². The number of amides is 1. The predicted molar refractivity (Wildman–Crippen MR) is 93.1 cm³/mol. The summed E-state index contributed by atoms with van der Waals surface area (Å²) >= 11 is 6.11. The number of nitrogens with two attached hydrogens (primary N) is 1. The fraction of sp³-hybridized carbons (Fsp3) is 0.222. The van der Waals surface area contributed by atoms with Gasteiger partial charge < -0.3 is 19.9 Å². The molecule has 25 heavy (non-hydrogen) atoms. The molecular formula is C18H18ClNO5. The van der Waals surface area contributed by atoms with Gasteiger partial charge in [-0.25, -0.2) is 0 Å². The van der Waals surface area contributed by atoms with Gasteiger partial charge in [0.25, 0.3) is 5.91 Å². The molecule has 0 spiro atoms. The summed E-state index contributed by atoms with van der Waals surface area (Å²) in [5.74, 6) is 0.261. The number of hydrogen-bond acceptors (Lipinski definition) is 5. The van der Waals surface area contributed by atoms with Gasteiger partial charge in [-0.3, -0.25) is 9.59 Å². The molecule has 0 bridgehead atoms. The van der Waals surface area contributed by atoms with Crippen molar-refractivity contribution in [1.29, 1.82) is 0 Å². The van der Waals surface area contributed by atoms with Crippen molar-refractivity contribution in [2.45, 2.75) is 19.4 Å². The van der Waals surface area contributed by atoms with Gasteiger partial charge >= 0.3 is 5.97 Å². The summed E-state index contributed by atoms with van der Waals surface area (Å²) in [5, 5.41) is 0.431. The highest BCUT2D eigenvalue weighted by Crippen LogP contribution is 2.27. The van der Waals surface area contributed by atoms with Crippen LogP contribution in [0, 0.1) is 0 Å². The Bertz CT molecular complexity index is 761. The SMILES string of the molecule is COc1cccc(Cl)c1CC(=O)Oc1ccc(O[C@@H](C)C(N)=O)cc1. The number of primary amides is 1. The molecular weight excluding hydrogens is 346 g/mol. The van der Waals surface area contributed by atoms with E-state index in [2.05, 4.69) is 0 Å². The molecule has 0 unspecified atom stereocenters. The summed E-state index contributed by atoms with van der Waals surface area (Å²) in [6.45, 7) is 1.55. The van der Waals surface area contributed by atoms with Crippen molar-refractivity contribution < 1.29 is 23.8 Å². The molecule has 2 aromatic rings. The fourth-order valence-electron chi connectivity index (χ4n) is 2.06. The molecule has 0 saturated heterocycles. The van der Waals surface area contributed by atoms with Gasteiger partial charge in [0.05, 0.1) is 13.5 Å². The Kier molecular flexibility index (Phi) is 6.25. The van der Waals surface area contributed by atoms with Crippen LogP contribution in [0.5, 0.6) is 17.2 Å². The van der Waals surface area contributed by atoms with Gasteiger partial charge in [-0.1, -0.05) is 17.7 Å². The molecule has 1 atom stereocenters. The molecule has 6 nitrogen and oxygen atoms in total. The first-order valence-corrected chi connectivity index (χ1v) is 7.86. The number of halogens is 1. The largest absolute Gasteiger partial charge is 0.496 e. The number of benzene rings is 2. The Balaban J connectivity index is 2.00. The highest BCUT2D eigenvalue weighted by molar-refractivity contribution is 6.31. The normalized spacial score (nSPS) is 11.5. The standard InChI is InChI=1S/C18H18ClNO5/c1-11(18(20)22)24-12-6-8-13(9-7-12)25-17(21)10-14-15(19)4-3-5-16(14)23-2/h3-9,11H,10H2,1-2H3,(H2,20,22)/t11-/m0/s1. The third-order valence-corrected chi connectivity index (χ3v) is 3.74. The van der Waals surface area contributed by atoms with E-state index < -0.39 is 18.0 Å². The van der Waals surface area contributed by atoms with Crippen LogP contribution in [0.25, 0.3) is 0 Å². The maximum Gasteiger partial charge on any atom is 0.315 e. The molecule has 132 valence electrons. The zero-order chi connectivity index (χ0) is 18.4. The first-order valence-electron chi connectivity index (χ1n) is 7.48. The van der Waals surface area contributed by atoms with E-state index in [0.29, 0.717) is 27.8 Å². The van der Waals surface area contributed by atoms with E-state index in [1.807, 2.05) is 0 Å². The Morgan fingerprint density at radius 2 is 1.76 bits per heavy atom. The molecule has 0 aliphatic heterocycles. The minimum atomic E-state index is -0.749. The Labute approximate surface area is 150 Å². The lowest BCUT2D eigenvalue weighted by Crippen LogP contribution is -2.30. The van der Waals surface area contributed by atoms with Gasteiger partial charge in [0.15, 0.2) is 6.10 Å². The zero-order valence-electron chi connectivity index (χ0n) is 13.8. The number of hydrogen-bond donors (Lipinski definition) is 1. The molecule has 0 radical (unpaired) electrons. The Morgan fingerprint density at radius 3 is 2.36 bits per heavy atom. The molecule has 0 aromatic heterocycles. The summed E-state index contributed by atoms with van der Waals surface area (Å²) in [6, 6.07) is 11.4. The van der Waals surface area contributed by atoms with Crippen molar-refractivity contribution in [3.63, 3.8) is 0 Å². The van der Waals surface area contributed by atoms with Crippen LogP contribution in [-0.2, 0) is 16.0 Å². The first kappa shape index (κ1) is 18.6. The van der Waals surface area contributed by atoms with Gasteiger partial charge in [0.2, 0.25) is 0 Å².